The van der Waals surface area contributed by atoms with E-state index >= 15 is 0 Å². The molecule has 6 heteroatoms. The maximum Gasteiger partial charge on any atom is 0.309 e. The first-order chi connectivity index (χ1) is 7.91. The Kier molecular flexibility index (Phi) is 3.92. The Morgan fingerprint density at radius 1 is 1.59 bits per heavy atom. The molecule has 0 spiro atoms. The number of nitrogens with one attached hydrogen (secondary N) is 1. The quantitative estimate of drug-likeness (QED) is 0.446. The van der Waals surface area contributed by atoms with Gasteiger partial charge in [0.15, 0.2) is 0 Å². The topological polar surface area (TPSA) is 117 Å². The molecular formula is C11H14N2O4. The number of nitrogens with two attached hydrogens (primary N) is 1. The van der Waals surface area contributed by atoms with Crippen LogP contribution in [0.2, 0.25) is 0 Å². The van der Waals surface area contributed by atoms with E-state index in [0.717, 1.165) is 0 Å². The van der Waals surface area contributed by atoms with Gasteiger partial charge in [-0.05, 0) is 19.1 Å². The largest absolute Gasteiger partial charge is 0.507 e. The summed E-state index contributed by atoms with van der Waals surface area (Å²) >= 11 is 0. The molecule has 0 saturated heterocycles. The normalized spacial score (nSPS) is 11.8. The second-order valence-electron chi connectivity index (χ2n) is 3.64. The van der Waals surface area contributed by atoms with Crippen LogP contribution in [0.1, 0.15) is 12.5 Å². The molecule has 0 amide bonds. The summed E-state index contributed by atoms with van der Waals surface area (Å²) in [5, 5.41) is 25.3. The van der Waals surface area contributed by atoms with E-state index in [0.29, 0.717) is 5.75 Å². The molecule has 1 aromatic carbocycles. The molecule has 1 aromatic rings. The van der Waals surface area contributed by atoms with Crippen LogP contribution >= 0.6 is 0 Å². The Morgan fingerprint density at radius 2 is 2.24 bits per heavy atom. The molecule has 0 heterocycles. The number of rotatable bonds is 5. The number of carboxylic acid groups (broad SMARTS) is 1. The number of hydrogen-bond acceptors (Lipinski definition) is 4. The van der Waals surface area contributed by atoms with Crippen LogP contribution in [-0.2, 0) is 4.79 Å². The summed E-state index contributed by atoms with van der Waals surface area (Å²) in [6, 6.07) is 4.26. The van der Waals surface area contributed by atoms with Crippen molar-refractivity contribution in [1.29, 1.82) is 5.41 Å². The summed E-state index contributed by atoms with van der Waals surface area (Å²) in [5.74, 6) is -1.66. The number of amidine groups is 1. The molecule has 0 fully saturated rings. The van der Waals surface area contributed by atoms with E-state index in [9.17, 15) is 9.90 Å². The van der Waals surface area contributed by atoms with Crippen molar-refractivity contribution in [2.24, 2.45) is 11.7 Å². The number of carboxylic acids is 1. The molecule has 0 saturated carbocycles. The van der Waals surface area contributed by atoms with E-state index in [2.05, 4.69) is 0 Å². The number of phenols is 1. The zero-order valence-electron chi connectivity index (χ0n) is 9.30. The number of benzene rings is 1. The molecule has 92 valence electrons. The Labute approximate surface area is 98.1 Å². The number of carbonyl (C=O) groups is 1. The second-order valence-corrected chi connectivity index (χ2v) is 3.64. The molecule has 1 rings (SSSR count). The third-order valence-corrected chi connectivity index (χ3v) is 2.18. The van der Waals surface area contributed by atoms with E-state index in [1.165, 1.54) is 25.1 Å². The molecule has 0 aliphatic carbocycles. The van der Waals surface area contributed by atoms with Crippen molar-refractivity contribution in [2.45, 2.75) is 6.92 Å². The number of aliphatic carboxylic acids is 1. The minimum atomic E-state index is -0.949. The lowest BCUT2D eigenvalue weighted by Crippen LogP contribution is -2.18. The van der Waals surface area contributed by atoms with Crippen LogP contribution in [0.25, 0.3) is 0 Å². The number of hydrogen-bond donors (Lipinski definition) is 4. The summed E-state index contributed by atoms with van der Waals surface area (Å²) in [4.78, 5) is 10.6. The first kappa shape index (κ1) is 12.8. The van der Waals surface area contributed by atoms with Gasteiger partial charge in [-0.2, -0.15) is 0 Å². The Morgan fingerprint density at radius 3 is 2.71 bits per heavy atom. The monoisotopic (exact) mass is 238 g/mol. The standard InChI is InChI=1S/C11H14N2O4/c1-6(11(15)16)5-17-7-2-3-8(10(12)13)9(14)4-7/h2-4,6,14H,5H2,1H3,(H3,12,13)(H,15,16)/t6-/m0/s1. The third kappa shape index (κ3) is 3.37. The lowest BCUT2D eigenvalue weighted by atomic mass is 10.1. The molecule has 0 bridgehead atoms. The zero-order chi connectivity index (χ0) is 13.0. The summed E-state index contributed by atoms with van der Waals surface area (Å²) in [6.07, 6.45) is 0. The van der Waals surface area contributed by atoms with Crippen molar-refractivity contribution in [2.75, 3.05) is 6.61 Å². The third-order valence-electron chi connectivity index (χ3n) is 2.18. The van der Waals surface area contributed by atoms with E-state index in [1.807, 2.05) is 0 Å². The van der Waals surface area contributed by atoms with Crippen LogP contribution in [0.3, 0.4) is 0 Å². The van der Waals surface area contributed by atoms with Crippen molar-refractivity contribution in [3.63, 3.8) is 0 Å². The minimum absolute atomic E-state index is 0.00813. The first-order valence-corrected chi connectivity index (χ1v) is 4.95. The van der Waals surface area contributed by atoms with Gasteiger partial charge in [-0.1, -0.05) is 0 Å². The Bertz CT molecular complexity index is 445. The fraction of sp³-hybridized carbons (Fsp3) is 0.273. The lowest BCUT2D eigenvalue weighted by molar-refractivity contribution is -0.142. The summed E-state index contributed by atoms with van der Waals surface area (Å²) in [6.45, 7) is 1.53. The van der Waals surface area contributed by atoms with Gasteiger partial charge in [-0.15, -0.1) is 0 Å². The van der Waals surface area contributed by atoms with Gasteiger partial charge in [0.2, 0.25) is 0 Å². The van der Waals surface area contributed by atoms with Crippen LogP contribution in [0, 0.1) is 11.3 Å². The molecule has 0 unspecified atom stereocenters. The maximum atomic E-state index is 10.6. The van der Waals surface area contributed by atoms with Crippen molar-refractivity contribution < 1.29 is 19.7 Å². The highest BCUT2D eigenvalue weighted by Crippen LogP contribution is 2.23. The summed E-state index contributed by atoms with van der Waals surface area (Å²) in [5.41, 5.74) is 5.44. The molecule has 0 aliphatic rings. The molecule has 17 heavy (non-hydrogen) atoms. The van der Waals surface area contributed by atoms with Gasteiger partial charge in [0, 0.05) is 6.07 Å². The number of nitrogen functional groups attached to an aromatic ring is 1. The SMILES string of the molecule is C[C@@H](COc1ccc(C(=N)N)c(O)c1)C(=O)O. The van der Waals surface area contributed by atoms with E-state index < -0.39 is 11.9 Å². The van der Waals surface area contributed by atoms with E-state index in [4.69, 9.17) is 21.0 Å². The predicted molar refractivity (Wildman–Crippen MR) is 61.4 cm³/mol. The van der Waals surface area contributed by atoms with Gasteiger partial charge < -0.3 is 20.7 Å². The molecule has 0 aromatic heterocycles. The highest BCUT2D eigenvalue weighted by molar-refractivity contribution is 5.97. The summed E-state index contributed by atoms with van der Waals surface area (Å²) in [7, 11) is 0. The van der Waals surface area contributed by atoms with E-state index in [1.54, 1.807) is 0 Å². The van der Waals surface area contributed by atoms with Crippen LogP contribution in [0.4, 0.5) is 0 Å². The zero-order valence-corrected chi connectivity index (χ0v) is 9.30. The smallest absolute Gasteiger partial charge is 0.309 e. The minimum Gasteiger partial charge on any atom is -0.507 e. The number of aromatic hydroxyl groups is 1. The highest BCUT2D eigenvalue weighted by atomic mass is 16.5. The first-order valence-electron chi connectivity index (χ1n) is 4.95. The van der Waals surface area contributed by atoms with Crippen LogP contribution in [-0.4, -0.2) is 28.6 Å². The van der Waals surface area contributed by atoms with Crippen LogP contribution in [0.15, 0.2) is 18.2 Å². The van der Waals surface area contributed by atoms with E-state index in [-0.39, 0.29) is 23.8 Å². The molecule has 6 nitrogen and oxygen atoms in total. The van der Waals surface area contributed by atoms with Crippen LogP contribution < -0.4 is 10.5 Å². The fourth-order valence-electron chi connectivity index (χ4n) is 1.12. The van der Waals surface area contributed by atoms with Crippen molar-refractivity contribution in [3.8, 4) is 11.5 Å². The molecule has 1 atom stereocenters. The van der Waals surface area contributed by atoms with Gasteiger partial charge in [0.05, 0.1) is 11.5 Å². The van der Waals surface area contributed by atoms with Gasteiger partial charge in [-0.3, -0.25) is 10.2 Å². The van der Waals surface area contributed by atoms with Gasteiger partial charge in [0.1, 0.15) is 23.9 Å². The fourth-order valence-corrected chi connectivity index (χ4v) is 1.12. The molecule has 0 radical (unpaired) electrons. The highest BCUT2D eigenvalue weighted by Gasteiger charge is 2.12. The Hall–Kier alpha value is -2.24. The van der Waals surface area contributed by atoms with Crippen LogP contribution in [0.5, 0.6) is 11.5 Å². The predicted octanol–water partition coefficient (Wildman–Crippen LogP) is 0.776. The number of phenolic OH excluding ortho intramolecular Hbond substituents is 1. The average Bonchev–Trinajstić information content (AvgIpc) is 2.25. The maximum absolute atomic E-state index is 10.6. The average molecular weight is 238 g/mol. The van der Waals surface area contributed by atoms with Crippen molar-refractivity contribution in [1.82, 2.24) is 0 Å². The Balaban J connectivity index is 2.71. The van der Waals surface area contributed by atoms with Gasteiger partial charge in [-0.25, -0.2) is 0 Å². The molecule has 5 N–H and O–H groups in total. The van der Waals surface area contributed by atoms with Crippen molar-refractivity contribution >= 4 is 11.8 Å². The summed E-state index contributed by atoms with van der Waals surface area (Å²) < 4.78 is 5.19. The van der Waals surface area contributed by atoms with Crippen molar-refractivity contribution in [3.05, 3.63) is 23.8 Å². The lowest BCUT2D eigenvalue weighted by Gasteiger charge is -2.10. The van der Waals surface area contributed by atoms with Gasteiger partial charge in [0.25, 0.3) is 0 Å². The number of ether oxygens (including phenoxy) is 1. The second kappa shape index (κ2) is 5.20. The molecular weight excluding hydrogens is 224 g/mol. The van der Waals surface area contributed by atoms with Gasteiger partial charge >= 0.3 is 5.97 Å². The molecule has 0 aliphatic heterocycles.